The molecule has 0 bridgehead atoms. The van der Waals surface area contributed by atoms with E-state index >= 15 is 0 Å². The molecule has 0 N–H and O–H groups in total. The maximum absolute atomic E-state index is 13.6. The second-order valence-corrected chi connectivity index (χ2v) is 11.1. The van der Waals surface area contributed by atoms with Gasteiger partial charge in [-0.25, -0.2) is 0 Å². The van der Waals surface area contributed by atoms with Gasteiger partial charge in [0.2, 0.25) is 5.91 Å². The average molecular weight is 490 g/mol. The van der Waals surface area contributed by atoms with Gasteiger partial charge in [0.25, 0.3) is 0 Å². The molecule has 5 rings (SSSR count). The second-order valence-electron chi connectivity index (χ2n) is 10.1. The summed E-state index contributed by atoms with van der Waals surface area (Å²) in [7, 11) is 0. The minimum atomic E-state index is 0.174. The van der Waals surface area contributed by atoms with Gasteiger partial charge in [0.1, 0.15) is 0 Å². The zero-order valence-corrected chi connectivity index (χ0v) is 21.5. The lowest BCUT2D eigenvalue weighted by molar-refractivity contribution is -0.131. The summed E-state index contributed by atoms with van der Waals surface area (Å²) < 4.78 is 2.30. The highest BCUT2D eigenvalue weighted by Gasteiger charge is 2.35. The Morgan fingerprint density at radius 1 is 1.09 bits per heavy atom. The van der Waals surface area contributed by atoms with Gasteiger partial charge in [0.05, 0.1) is 5.75 Å². The summed E-state index contributed by atoms with van der Waals surface area (Å²) in [4.78, 5) is 19.9. The Hall–Kier alpha value is -2.67. The Kier molecular flexibility index (Phi) is 7.51. The zero-order chi connectivity index (χ0) is 24.2. The molecule has 7 heteroatoms. The van der Waals surface area contributed by atoms with Gasteiger partial charge in [-0.3, -0.25) is 14.3 Å². The minimum absolute atomic E-state index is 0.174. The van der Waals surface area contributed by atoms with Crippen molar-refractivity contribution in [1.29, 1.82) is 0 Å². The molecule has 1 aromatic carbocycles. The standard InChI is InChI=1S/C28H35N5OS/c1-20-9-6-7-13-25(20)33-27(24-12-8-16-29-17-24)30-31-28(33)35-19-26(34)32(21(2)23-14-15-23)18-22-10-4-3-5-11-22/h3-5,8,10-12,16-17,20-21,23,25H,6-7,9,13-15,18-19H2,1-2H3. The van der Waals surface area contributed by atoms with Crippen LogP contribution in [-0.4, -0.2) is 42.4 Å². The van der Waals surface area contributed by atoms with Crippen molar-refractivity contribution < 1.29 is 4.79 Å². The number of pyridine rings is 1. The zero-order valence-electron chi connectivity index (χ0n) is 20.7. The molecule has 2 saturated carbocycles. The SMILES string of the molecule is CC1CCCCC1n1c(SCC(=O)N(Cc2ccccc2)C(C)C2CC2)nnc1-c1cccnc1. The van der Waals surface area contributed by atoms with Crippen LogP contribution >= 0.6 is 11.8 Å². The van der Waals surface area contributed by atoms with Gasteiger partial charge in [0.15, 0.2) is 11.0 Å². The van der Waals surface area contributed by atoms with E-state index in [1.165, 1.54) is 49.4 Å². The van der Waals surface area contributed by atoms with Crippen LogP contribution in [0.4, 0.5) is 0 Å². The van der Waals surface area contributed by atoms with Gasteiger partial charge in [-0.15, -0.1) is 10.2 Å². The number of aromatic nitrogens is 4. The van der Waals surface area contributed by atoms with Crippen LogP contribution in [0.15, 0.2) is 60.0 Å². The number of nitrogens with zero attached hydrogens (tertiary/aromatic N) is 5. The smallest absolute Gasteiger partial charge is 0.233 e. The lowest BCUT2D eigenvalue weighted by Gasteiger charge is -2.32. The molecular weight excluding hydrogens is 454 g/mol. The molecule has 0 spiro atoms. The molecule has 1 amide bonds. The monoisotopic (exact) mass is 489 g/mol. The highest BCUT2D eigenvalue weighted by atomic mass is 32.2. The maximum Gasteiger partial charge on any atom is 0.233 e. The Bertz CT molecular complexity index is 1110. The third-order valence-corrected chi connectivity index (χ3v) is 8.55. The van der Waals surface area contributed by atoms with Gasteiger partial charge in [-0.1, -0.05) is 61.9 Å². The molecule has 0 aliphatic heterocycles. The minimum Gasteiger partial charge on any atom is -0.335 e. The molecule has 3 aromatic rings. The summed E-state index contributed by atoms with van der Waals surface area (Å²) in [6, 6.07) is 14.9. The molecule has 3 unspecified atom stereocenters. The molecule has 2 heterocycles. The van der Waals surface area contributed by atoms with Crippen LogP contribution < -0.4 is 0 Å². The summed E-state index contributed by atoms with van der Waals surface area (Å²) in [5.41, 5.74) is 2.15. The van der Waals surface area contributed by atoms with E-state index < -0.39 is 0 Å². The summed E-state index contributed by atoms with van der Waals surface area (Å²) in [5.74, 6) is 2.58. The van der Waals surface area contributed by atoms with Crippen LogP contribution in [0.1, 0.15) is 64.0 Å². The summed E-state index contributed by atoms with van der Waals surface area (Å²) in [5, 5.41) is 10.0. The molecule has 35 heavy (non-hydrogen) atoms. The van der Waals surface area contributed by atoms with Crippen molar-refractivity contribution in [2.45, 2.75) is 76.2 Å². The van der Waals surface area contributed by atoms with Crippen molar-refractivity contribution in [2.75, 3.05) is 5.75 Å². The lowest BCUT2D eigenvalue weighted by Crippen LogP contribution is -2.40. The van der Waals surface area contributed by atoms with Crippen LogP contribution in [0.2, 0.25) is 0 Å². The van der Waals surface area contributed by atoms with Crippen LogP contribution in [0.25, 0.3) is 11.4 Å². The Morgan fingerprint density at radius 2 is 1.89 bits per heavy atom. The second kappa shape index (κ2) is 10.9. The summed E-state index contributed by atoms with van der Waals surface area (Å²) >= 11 is 1.53. The van der Waals surface area contributed by atoms with Gasteiger partial charge in [-0.05, 0) is 62.1 Å². The molecule has 2 aliphatic rings. The molecule has 2 aromatic heterocycles. The van der Waals surface area contributed by atoms with Gasteiger partial charge >= 0.3 is 0 Å². The number of thioether (sulfide) groups is 1. The molecule has 2 fully saturated rings. The summed E-state index contributed by atoms with van der Waals surface area (Å²) in [6.45, 7) is 5.19. The predicted molar refractivity (Wildman–Crippen MR) is 140 cm³/mol. The van der Waals surface area contributed by atoms with Crippen LogP contribution in [0.3, 0.4) is 0 Å². The number of amides is 1. The first-order valence-corrected chi connectivity index (χ1v) is 13.9. The molecule has 0 radical (unpaired) electrons. The van der Waals surface area contributed by atoms with E-state index in [4.69, 9.17) is 0 Å². The number of benzene rings is 1. The first kappa shape index (κ1) is 24.0. The van der Waals surface area contributed by atoms with Crippen LogP contribution in [0.5, 0.6) is 0 Å². The van der Waals surface area contributed by atoms with Crippen molar-refractivity contribution in [2.24, 2.45) is 11.8 Å². The first-order chi connectivity index (χ1) is 17.1. The first-order valence-electron chi connectivity index (χ1n) is 12.9. The summed E-state index contributed by atoms with van der Waals surface area (Å²) in [6.07, 6.45) is 10.9. The normalized spacial score (nSPS) is 21.0. The molecule has 184 valence electrons. The van der Waals surface area contributed by atoms with Crippen LogP contribution in [0, 0.1) is 11.8 Å². The van der Waals surface area contributed by atoms with E-state index in [2.05, 4.69) is 50.6 Å². The third-order valence-electron chi connectivity index (χ3n) is 7.62. The maximum atomic E-state index is 13.6. The fourth-order valence-corrected chi connectivity index (χ4v) is 6.21. The number of rotatable bonds is 9. The van der Waals surface area contributed by atoms with Crippen molar-refractivity contribution in [1.82, 2.24) is 24.6 Å². The van der Waals surface area contributed by atoms with Crippen LogP contribution in [-0.2, 0) is 11.3 Å². The van der Waals surface area contributed by atoms with Crippen molar-refractivity contribution in [3.8, 4) is 11.4 Å². The van der Waals surface area contributed by atoms with Gasteiger partial charge < -0.3 is 4.90 Å². The predicted octanol–water partition coefficient (Wildman–Crippen LogP) is 6.01. The molecule has 0 saturated heterocycles. The van der Waals surface area contributed by atoms with Gasteiger partial charge in [-0.2, -0.15) is 0 Å². The molecule has 2 aliphatic carbocycles. The number of hydrogen-bond donors (Lipinski definition) is 0. The van der Waals surface area contributed by atoms with Gasteiger partial charge in [0, 0.05) is 36.6 Å². The molecule has 6 nitrogen and oxygen atoms in total. The quantitative estimate of drug-likeness (QED) is 0.344. The topological polar surface area (TPSA) is 63.9 Å². The van der Waals surface area contributed by atoms with Crippen molar-refractivity contribution >= 4 is 17.7 Å². The number of hydrogen-bond acceptors (Lipinski definition) is 5. The van der Waals surface area contributed by atoms with E-state index in [0.29, 0.717) is 30.2 Å². The van der Waals surface area contributed by atoms with Crippen molar-refractivity contribution in [3.05, 3.63) is 60.4 Å². The third kappa shape index (κ3) is 5.61. The largest absolute Gasteiger partial charge is 0.335 e. The van der Waals surface area contributed by atoms with E-state index in [1.807, 2.05) is 36.5 Å². The van der Waals surface area contributed by atoms with E-state index in [0.717, 1.165) is 23.0 Å². The average Bonchev–Trinajstić information content (AvgIpc) is 3.66. The lowest BCUT2D eigenvalue weighted by atomic mass is 9.85. The van der Waals surface area contributed by atoms with E-state index in [-0.39, 0.29) is 11.9 Å². The number of carbonyl (C=O) groups is 1. The number of carbonyl (C=O) groups excluding carboxylic acids is 1. The molecule has 3 atom stereocenters. The van der Waals surface area contributed by atoms with Crippen molar-refractivity contribution in [3.63, 3.8) is 0 Å². The molecular formula is C28H35N5OS. The Labute approximate surface area is 212 Å². The fourth-order valence-electron chi connectivity index (χ4n) is 5.33. The Morgan fingerprint density at radius 3 is 2.60 bits per heavy atom. The highest BCUT2D eigenvalue weighted by Crippen LogP contribution is 2.39. The van der Waals surface area contributed by atoms with E-state index in [1.54, 1.807) is 6.20 Å². The fraction of sp³-hybridized carbons (Fsp3) is 0.500. The van der Waals surface area contributed by atoms with E-state index in [9.17, 15) is 4.79 Å². The highest BCUT2D eigenvalue weighted by molar-refractivity contribution is 7.99. The Balaban J connectivity index is 1.38.